The van der Waals surface area contributed by atoms with E-state index in [1.54, 1.807) is 13.8 Å². The van der Waals surface area contributed by atoms with Gasteiger partial charge in [0.1, 0.15) is 23.9 Å². The maximum Gasteiger partial charge on any atom is 0.354 e. The standard InChI is InChI=1S/C31H39N5O9S/c1-4-43-28(38)18-24(35-30(39)21-10-12-25(13-11-21)46(41,42)36-14-6-7-15-36)19-45-27-17-23(29(32)33)9-8-22(27)16-26(34-20(3)37)31(40)44-5-2/h8-13,16-17,24H,4-7,14-15,18-19H2,1-3H3,(H3,32,33)(H,34,37)(H,35,39)/t24-/m0/s1. The smallest absolute Gasteiger partial charge is 0.354 e. The van der Waals surface area contributed by atoms with Gasteiger partial charge in [0.15, 0.2) is 0 Å². The summed E-state index contributed by atoms with van der Waals surface area (Å²) in [6.07, 6.45) is 2.65. The van der Waals surface area contributed by atoms with Crippen LogP contribution >= 0.6 is 0 Å². The lowest BCUT2D eigenvalue weighted by Gasteiger charge is -2.20. The van der Waals surface area contributed by atoms with E-state index in [1.807, 2.05) is 0 Å². The molecule has 46 heavy (non-hydrogen) atoms. The molecule has 3 rings (SSSR count). The number of nitrogens with one attached hydrogen (secondary N) is 3. The number of benzene rings is 2. The first-order valence-corrected chi connectivity index (χ1v) is 16.1. The van der Waals surface area contributed by atoms with Crippen molar-refractivity contribution in [3.63, 3.8) is 0 Å². The third-order valence-corrected chi connectivity index (χ3v) is 8.66. The van der Waals surface area contributed by atoms with Crippen LogP contribution in [-0.4, -0.2) is 81.3 Å². The summed E-state index contributed by atoms with van der Waals surface area (Å²) in [6.45, 7) is 5.30. The quantitative estimate of drug-likeness (QED) is 0.0947. The second-order valence-electron chi connectivity index (χ2n) is 10.3. The molecule has 0 unspecified atom stereocenters. The largest absolute Gasteiger partial charge is 0.491 e. The first-order valence-electron chi connectivity index (χ1n) is 14.7. The van der Waals surface area contributed by atoms with Gasteiger partial charge in [0.25, 0.3) is 5.91 Å². The van der Waals surface area contributed by atoms with Gasteiger partial charge in [0.05, 0.1) is 30.6 Å². The van der Waals surface area contributed by atoms with Gasteiger partial charge in [0.2, 0.25) is 15.9 Å². The van der Waals surface area contributed by atoms with Crippen LogP contribution in [0.3, 0.4) is 0 Å². The molecule has 0 bridgehead atoms. The Morgan fingerprint density at radius 3 is 2.22 bits per heavy atom. The molecule has 1 fully saturated rings. The molecule has 15 heteroatoms. The Morgan fingerprint density at radius 1 is 1.00 bits per heavy atom. The maximum atomic E-state index is 13.2. The molecule has 5 N–H and O–H groups in total. The first-order chi connectivity index (χ1) is 21.8. The van der Waals surface area contributed by atoms with Crippen LogP contribution in [0, 0.1) is 5.41 Å². The molecule has 0 saturated carbocycles. The number of hydrogen-bond acceptors (Lipinski definition) is 10. The minimum Gasteiger partial charge on any atom is -0.491 e. The summed E-state index contributed by atoms with van der Waals surface area (Å²) in [7, 11) is -3.66. The lowest BCUT2D eigenvalue weighted by molar-refractivity contribution is -0.144. The average molecular weight is 658 g/mol. The van der Waals surface area contributed by atoms with Crippen LogP contribution < -0.4 is 21.1 Å². The van der Waals surface area contributed by atoms with Crippen molar-refractivity contribution in [1.29, 1.82) is 5.41 Å². The fourth-order valence-corrected chi connectivity index (χ4v) is 6.05. The van der Waals surface area contributed by atoms with Gasteiger partial charge in [-0.1, -0.05) is 12.1 Å². The number of amides is 2. The van der Waals surface area contributed by atoms with Crippen LogP contribution in [0.1, 0.15) is 61.5 Å². The SMILES string of the molecule is CCOC(=O)C[C@@H](COc1cc(C(=N)N)ccc1C=C(NC(C)=O)C(=O)OCC)NC(=O)c1ccc(S(=O)(=O)N2CCCC2)cc1. The van der Waals surface area contributed by atoms with Gasteiger partial charge in [-0.05, 0) is 63.1 Å². The van der Waals surface area contributed by atoms with E-state index in [1.165, 1.54) is 59.8 Å². The zero-order chi connectivity index (χ0) is 33.9. The van der Waals surface area contributed by atoms with Gasteiger partial charge in [0, 0.05) is 36.7 Å². The Hall–Kier alpha value is -4.76. The number of sulfonamides is 1. The molecule has 1 aliphatic heterocycles. The van der Waals surface area contributed by atoms with E-state index in [0.717, 1.165) is 12.8 Å². The van der Waals surface area contributed by atoms with E-state index in [-0.39, 0.29) is 54.0 Å². The van der Waals surface area contributed by atoms with E-state index in [2.05, 4.69) is 10.6 Å². The van der Waals surface area contributed by atoms with Crippen molar-refractivity contribution in [2.45, 2.75) is 51.0 Å². The predicted molar refractivity (Wildman–Crippen MR) is 168 cm³/mol. The summed E-state index contributed by atoms with van der Waals surface area (Å²) in [5.74, 6) is -2.63. The molecule has 2 aromatic rings. The highest BCUT2D eigenvalue weighted by Crippen LogP contribution is 2.25. The Kier molecular flexibility index (Phi) is 12.8. The highest BCUT2D eigenvalue weighted by molar-refractivity contribution is 7.89. The van der Waals surface area contributed by atoms with E-state index < -0.39 is 39.8 Å². The number of ether oxygens (including phenoxy) is 3. The minimum atomic E-state index is -3.66. The van der Waals surface area contributed by atoms with Crippen molar-refractivity contribution in [1.82, 2.24) is 14.9 Å². The van der Waals surface area contributed by atoms with Crippen molar-refractivity contribution in [3.05, 3.63) is 64.9 Å². The number of carbonyl (C=O) groups excluding carboxylic acids is 4. The van der Waals surface area contributed by atoms with E-state index in [0.29, 0.717) is 24.2 Å². The third kappa shape index (κ3) is 9.87. The molecule has 1 atom stereocenters. The predicted octanol–water partition coefficient (Wildman–Crippen LogP) is 1.93. The van der Waals surface area contributed by atoms with Crippen LogP contribution in [0.4, 0.5) is 0 Å². The van der Waals surface area contributed by atoms with Crippen molar-refractivity contribution < 1.29 is 41.8 Å². The summed E-state index contributed by atoms with van der Waals surface area (Å²) in [6, 6.07) is 9.05. The summed E-state index contributed by atoms with van der Waals surface area (Å²) in [4.78, 5) is 49.9. The highest BCUT2D eigenvalue weighted by Gasteiger charge is 2.27. The minimum absolute atomic E-state index is 0.0641. The number of hydrogen-bond donors (Lipinski definition) is 4. The molecule has 1 heterocycles. The van der Waals surface area contributed by atoms with Crippen LogP contribution in [0.5, 0.6) is 5.75 Å². The molecule has 0 radical (unpaired) electrons. The van der Waals surface area contributed by atoms with Crippen LogP contribution in [0.2, 0.25) is 0 Å². The number of nitrogens with zero attached hydrogens (tertiary/aromatic N) is 1. The van der Waals surface area contributed by atoms with Gasteiger partial charge in [-0.2, -0.15) is 4.31 Å². The van der Waals surface area contributed by atoms with Crippen molar-refractivity contribution in [2.75, 3.05) is 32.9 Å². The number of esters is 2. The third-order valence-electron chi connectivity index (χ3n) is 6.74. The van der Waals surface area contributed by atoms with Gasteiger partial charge in [-0.25, -0.2) is 13.2 Å². The molecule has 248 valence electrons. The monoisotopic (exact) mass is 657 g/mol. The normalized spacial score (nSPS) is 14.2. The second kappa shape index (κ2) is 16.5. The van der Waals surface area contributed by atoms with Gasteiger partial charge >= 0.3 is 11.9 Å². The number of nitrogens with two attached hydrogens (primary N) is 1. The Morgan fingerprint density at radius 2 is 1.63 bits per heavy atom. The molecule has 14 nitrogen and oxygen atoms in total. The number of carbonyl (C=O) groups is 4. The van der Waals surface area contributed by atoms with Crippen LogP contribution in [0.15, 0.2) is 53.1 Å². The highest BCUT2D eigenvalue weighted by atomic mass is 32.2. The molecular weight excluding hydrogens is 618 g/mol. The van der Waals surface area contributed by atoms with Gasteiger partial charge in [-0.3, -0.25) is 19.8 Å². The lowest BCUT2D eigenvalue weighted by Crippen LogP contribution is -2.41. The van der Waals surface area contributed by atoms with Gasteiger partial charge in [-0.15, -0.1) is 0 Å². The first kappa shape index (κ1) is 35.7. The molecule has 0 spiro atoms. The number of nitrogen functional groups attached to an aromatic ring is 1. The molecule has 0 aliphatic carbocycles. The van der Waals surface area contributed by atoms with Crippen LogP contribution in [-0.2, 0) is 33.9 Å². The van der Waals surface area contributed by atoms with E-state index in [9.17, 15) is 27.6 Å². The molecule has 2 amide bonds. The van der Waals surface area contributed by atoms with Crippen LogP contribution in [0.25, 0.3) is 6.08 Å². The Labute approximate surface area is 267 Å². The van der Waals surface area contributed by atoms with Crippen molar-refractivity contribution in [3.8, 4) is 5.75 Å². The number of amidine groups is 1. The average Bonchev–Trinajstić information content (AvgIpc) is 3.56. The summed E-state index contributed by atoms with van der Waals surface area (Å²) in [5.41, 5.74) is 6.26. The molecule has 1 aliphatic rings. The fraction of sp³-hybridized carbons (Fsp3) is 0.387. The summed E-state index contributed by atoms with van der Waals surface area (Å²) >= 11 is 0. The topological polar surface area (TPSA) is 207 Å². The van der Waals surface area contributed by atoms with Crippen molar-refractivity contribution in [2.24, 2.45) is 5.73 Å². The van der Waals surface area contributed by atoms with E-state index in [4.69, 9.17) is 25.4 Å². The fourth-order valence-electron chi connectivity index (χ4n) is 4.53. The van der Waals surface area contributed by atoms with E-state index >= 15 is 0 Å². The molecular formula is C31H39N5O9S. The van der Waals surface area contributed by atoms with Crippen molar-refractivity contribution >= 4 is 45.7 Å². The summed E-state index contributed by atoms with van der Waals surface area (Å²) < 4.78 is 43.2. The zero-order valence-corrected chi connectivity index (χ0v) is 26.8. The molecule has 0 aromatic heterocycles. The lowest BCUT2D eigenvalue weighted by atomic mass is 10.1. The maximum absolute atomic E-state index is 13.2. The zero-order valence-electron chi connectivity index (χ0n) is 26.0. The Balaban J connectivity index is 1.87. The Bertz CT molecular complexity index is 1580. The van der Waals surface area contributed by atoms with Gasteiger partial charge < -0.3 is 30.6 Å². The summed E-state index contributed by atoms with van der Waals surface area (Å²) in [5, 5.41) is 13.0. The number of rotatable bonds is 15. The second-order valence-corrected chi connectivity index (χ2v) is 12.2. The molecule has 2 aromatic carbocycles. The molecule has 1 saturated heterocycles.